The lowest BCUT2D eigenvalue weighted by Crippen LogP contribution is -2.49. The number of anilines is 2. The number of hydrogen-bond donors (Lipinski definition) is 3. The number of alkyl halides is 3. The zero-order chi connectivity index (χ0) is 32.3. The van der Waals surface area contributed by atoms with Crippen LogP contribution in [0.4, 0.5) is 29.3 Å². The van der Waals surface area contributed by atoms with Crippen LogP contribution in [-0.4, -0.2) is 72.5 Å². The number of ether oxygens (including phenoxy) is 3. The molecule has 3 N–H and O–H groups in total. The molecule has 5 rings (SSSR count). The Kier molecular flexibility index (Phi) is 9.40. The van der Waals surface area contributed by atoms with Crippen molar-refractivity contribution in [1.29, 1.82) is 0 Å². The summed E-state index contributed by atoms with van der Waals surface area (Å²) in [6, 6.07) is 13.8. The number of fused-ring (bicyclic) bond motifs is 2. The molecule has 0 unspecified atom stereocenters. The number of nitrogens with one attached hydrogen (secondary N) is 2. The van der Waals surface area contributed by atoms with Gasteiger partial charge < -0.3 is 34.9 Å². The van der Waals surface area contributed by atoms with Gasteiger partial charge in [0.1, 0.15) is 6.10 Å². The van der Waals surface area contributed by atoms with E-state index in [2.05, 4.69) is 10.6 Å². The molecule has 240 valence electrons. The molecule has 0 fully saturated rings. The molecule has 0 spiro atoms. The van der Waals surface area contributed by atoms with E-state index in [1.54, 1.807) is 48.2 Å². The van der Waals surface area contributed by atoms with E-state index in [4.69, 9.17) is 14.2 Å². The maximum Gasteiger partial charge on any atom is 0.416 e. The van der Waals surface area contributed by atoms with Gasteiger partial charge >= 0.3 is 12.2 Å². The Morgan fingerprint density at radius 3 is 2.53 bits per heavy atom. The van der Waals surface area contributed by atoms with Crippen molar-refractivity contribution >= 4 is 23.3 Å². The van der Waals surface area contributed by atoms with Crippen molar-refractivity contribution in [1.82, 2.24) is 9.80 Å². The summed E-state index contributed by atoms with van der Waals surface area (Å²) in [6.07, 6.45) is -4.91. The van der Waals surface area contributed by atoms with Gasteiger partial charge in [-0.25, -0.2) is 4.79 Å². The molecule has 0 aliphatic carbocycles. The molecule has 2 aliphatic rings. The maximum atomic E-state index is 13.7. The second-order valence-electron chi connectivity index (χ2n) is 11.3. The number of para-hydroxylation sites is 1. The van der Waals surface area contributed by atoms with Gasteiger partial charge in [-0.1, -0.05) is 25.1 Å². The number of aliphatic hydroxyl groups is 1. The van der Waals surface area contributed by atoms with Crippen LogP contribution in [0.1, 0.15) is 35.3 Å². The first kappa shape index (κ1) is 31.9. The third-order valence-electron chi connectivity index (χ3n) is 7.80. The van der Waals surface area contributed by atoms with Crippen molar-refractivity contribution in [2.45, 2.75) is 38.7 Å². The normalized spacial score (nSPS) is 18.5. The van der Waals surface area contributed by atoms with Crippen LogP contribution in [0, 0.1) is 5.92 Å². The maximum absolute atomic E-state index is 13.7. The molecule has 13 heteroatoms. The summed E-state index contributed by atoms with van der Waals surface area (Å²) in [7, 11) is 1.83. The monoisotopic (exact) mass is 628 g/mol. The fraction of sp³-hybridized carbons (Fsp3) is 0.375. The van der Waals surface area contributed by atoms with Gasteiger partial charge in [0.25, 0.3) is 5.91 Å². The Morgan fingerprint density at radius 1 is 1.09 bits per heavy atom. The zero-order valence-corrected chi connectivity index (χ0v) is 25.1. The predicted octanol–water partition coefficient (Wildman–Crippen LogP) is 5.43. The predicted molar refractivity (Wildman–Crippen MR) is 161 cm³/mol. The van der Waals surface area contributed by atoms with E-state index >= 15 is 0 Å². The molecule has 3 atom stereocenters. The van der Waals surface area contributed by atoms with E-state index < -0.39 is 29.9 Å². The lowest BCUT2D eigenvalue weighted by atomic mass is 9.98. The minimum absolute atomic E-state index is 0.0948. The van der Waals surface area contributed by atoms with Gasteiger partial charge in [-0.3, -0.25) is 9.69 Å². The van der Waals surface area contributed by atoms with E-state index in [-0.39, 0.29) is 42.2 Å². The molecule has 3 aromatic carbocycles. The molecule has 0 saturated carbocycles. The van der Waals surface area contributed by atoms with Crippen LogP contribution >= 0.6 is 0 Å². The second kappa shape index (κ2) is 13.2. The largest absolute Gasteiger partial charge is 0.486 e. The van der Waals surface area contributed by atoms with Crippen LogP contribution in [0.15, 0.2) is 60.7 Å². The Labute approximate surface area is 258 Å². The summed E-state index contributed by atoms with van der Waals surface area (Å²) < 4.78 is 56.3. The van der Waals surface area contributed by atoms with Crippen molar-refractivity contribution in [3.05, 3.63) is 77.4 Å². The molecular weight excluding hydrogens is 593 g/mol. The second-order valence-corrected chi connectivity index (χ2v) is 11.3. The summed E-state index contributed by atoms with van der Waals surface area (Å²) >= 11 is 0. The van der Waals surface area contributed by atoms with Crippen molar-refractivity contribution < 1.29 is 42.1 Å². The van der Waals surface area contributed by atoms with Crippen LogP contribution in [0.3, 0.4) is 0 Å². The third-order valence-corrected chi connectivity index (χ3v) is 7.80. The number of likely N-dealkylation sites (N-methyl/N-ethyl adjacent to an activating group) is 1. The molecule has 0 radical (unpaired) electrons. The summed E-state index contributed by atoms with van der Waals surface area (Å²) in [5, 5.41) is 15.5. The Hall–Kier alpha value is -4.49. The first-order chi connectivity index (χ1) is 21.4. The molecule has 2 aliphatic heterocycles. The first-order valence-electron chi connectivity index (χ1n) is 14.5. The van der Waals surface area contributed by atoms with Gasteiger partial charge in [-0.15, -0.1) is 0 Å². The summed E-state index contributed by atoms with van der Waals surface area (Å²) in [6.45, 7) is 4.52. The Morgan fingerprint density at radius 2 is 1.82 bits per heavy atom. The van der Waals surface area contributed by atoms with Crippen molar-refractivity contribution in [3.8, 4) is 17.2 Å². The highest BCUT2D eigenvalue weighted by molar-refractivity contribution is 6.04. The van der Waals surface area contributed by atoms with E-state index in [0.29, 0.717) is 42.4 Å². The highest BCUT2D eigenvalue weighted by Crippen LogP contribution is 2.37. The van der Waals surface area contributed by atoms with Crippen LogP contribution in [0.25, 0.3) is 0 Å². The van der Waals surface area contributed by atoms with Gasteiger partial charge in [-0.05, 0) is 55.9 Å². The number of nitrogens with zero attached hydrogens (tertiary/aromatic N) is 2. The average Bonchev–Trinajstić information content (AvgIpc) is 3.46. The smallest absolute Gasteiger partial charge is 0.416 e. The van der Waals surface area contributed by atoms with Crippen molar-refractivity contribution in [2.24, 2.45) is 5.92 Å². The number of carbonyl (C=O) groups is 2. The van der Waals surface area contributed by atoms with Gasteiger partial charge in [0.2, 0.25) is 6.79 Å². The number of carbonyl (C=O) groups excluding carboxylic acids is 2. The van der Waals surface area contributed by atoms with Crippen molar-refractivity contribution in [2.75, 3.05) is 44.2 Å². The van der Waals surface area contributed by atoms with E-state index in [9.17, 15) is 27.9 Å². The molecule has 0 saturated heterocycles. The standard InChI is InChI=1S/C32H35F3N4O6/c1-19-14-39(20(2)17-40)30(41)24-5-4-6-25(37-31(42)36-23-11-12-26-27(13-23)44-18-43-26)29(24)45-28(19)16-38(3)15-21-7-9-22(10-8-21)32(33,34)35/h4-13,19-20,28,40H,14-18H2,1-3H3,(H2,36,37,42)/t19-,20+,28+/m0/s1. The number of hydrogen-bond acceptors (Lipinski definition) is 7. The number of benzene rings is 3. The van der Waals surface area contributed by atoms with Crippen LogP contribution in [0.5, 0.6) is 17.2 Å². The zero-order valence-electron chi connectivity index (χ0n) is 25.1. The molecule has 0 bridgehead atoms. The van der Waals surface area contributed by atoms with Gasteiger partial charge in [0, 0.05) is 37.3 Å². The highest BCUT2D eigenvalue weighted by Gasteiger charge is 2.35. The molecule has 3 aromatic rings. The van der Waals surface area contributed by atoms with E-state index in [1.165, 1.54) is 12.1 Å². The molecular formula is C32H35F3N4O6. The minimum Gasteiger partial charge on any atom is -0.486 e. The van der Waals surface area contributed by atoms with E-state index in [0.717, 1.165) is 12.1 Å². The number of halogens is 3. The lowest BCUT2D eigenvalue weighted by Gasteiger charge is -2.38. The molecule has 2 heterocycles. The Bertz CT molecular complexity index is 1530. The fourth-order valence-corrected chi connectivity index (χ4v) is 5.30. The third kappa shape index (κ3) is 7.43. The molecule has 45 heavy (non-hydrogen) atoms. The Balaban J connectivity index is 1.38. The topological polar surface area (TPSA) is 113 Å². The first-order valence-corrected chi connectivity index (χ1v) is 14.5. The minimum atomic E-state index is -4.41. The average molecular weight is 629 g/mol. The SMILES string of the molecule is C[C@H](CO)N1C[C@H](C)[C@@H](CN(C)Cc2ccc(C(F)(F)F)cc2)Oc2c(NC(=O)Nc3ccc4c(c3)OCO4)cccc2C1=O. The highest BCUT2D eigenvalue weighted by atomic mass is 19.4. The van der Waals surface area contributed by atoms with Crippen LogP contribution < -0.4 is 24.8 Å². The quantitative estimate of drug-likeness (QED) is 0.305. The van der Waals surface area contributed by atoms with E-state index in [1.807, 2.05) is 18.9 Å². The summed E-state index contributed by atoms with van der Waals surface area (Å²) in [5.74, 6) is 0.679. The van der Waals surface area contributed by atoms with Crippen LogP contribution in [0.2, 0.25) is 0 Å². The number of urea groups is 1. The molecule has 10 nitrogen and oxygen atoms in total. The molecule has 0 aromatic heterocycles. The van der Waals surface area contributed by atoms with Gasteiger partial charge in [-0.2, -0.15) is 13.2 Å². The van der Waals surface area contributed by atoms with Gasteiger partial charge in [0.15, 0.2) is 17.2 Å². The summed E-state index contributed by atoms with van der Waals surface area (Å²) in [5.41, 5.74) is 0.927. The fourth-order valence-electron chi connectivity index (χ4n) is 5.30. The number of rotatable bonds is 8. The summed E-state index contributed by atoms with van der Waals surface area (Å²) in [4.78, 5) is 30.3. The molecule has 3 amide bonds. The number of amides is 3. The number of aliphatic hydroxyl groups excluding tert-OH is 1. The van der Waals surface area contributed by atoms with Crippen LogP contribution in [-0.2, 0) is 12.7 Å². The van der Waals surface area contributed by atoms with Crippen molar-refractivity contribution in [3.63, 3.8) is 0 Å². The lowest BCUT2D eigenvalue weighted by molar-refractivity contribution is -0.137. The van der Waals surface area contributed by atoms with Gasteiger partial charge in [0.05, 0.1) is 29.5 Å².